The molecule has 0 aliphatic heterocycles. The van der Waals surface area contributed by atoms with Crippen LogP contribution in [0.2, 0.25) is 0 Å². The number of ether oxygens (including phenoxy) is 1. The first-order chi connectivity index (χ1) is 17.8. The lowest BCUT2D eigenvalue weighted by Crippen LogP contribution is -2.44. The van der Waals surface area contributed by atoms with E-state index in [2.05, 4.69) is 10.6 Å². The van der Waals surface area contributed by atoms with Crippen LogP contribution in [0.1, 0.15) is 33.5 Å². The zero-order chi connectivity index (χ0) is 26.6. The van der Waals surface area contributed by atoms with Crippen molar-refractivity contribution >= 4 is 23.8 Å². The Balaban J connectivity index is 1.44. The molecular weight excluding hydrogens is 476 g/mol. The summed E-state index contributed by atoms with van der Waals surface area (Å²) in [6.45, 7) is -0.180. The molecule has 0 aromatic heterocycles. The Kier molecular flexibility index (Phi) is 9.92. The largest absolute Gasteiger partial charge is 0.480 e. The third-order valence-corrected chi connectivity index (χ3v) is 5.44. The Morgan fingerprint density at radius 3 is 2.00 bits per heavy atom. The molecule has 0 spiro atoms. The molecule has 0 bridgehead atoms. The van der Waals surface area contributed by atoms with Crippen LogP contribution >= 0.6 is 0 Å². The number of alkyl carbamates (subject to hydrolysis) is 1. The smallest absolute Gasteiger partial charge is 0.407 e. The number of carbonyl (C=O) groups is 4. The van der Waals surface area contributed by atoms with Gasteiger partial charge in [-0.15, -0.1) is 0 Å². The van der Waals surface area contributed by atoms with E-state index in [1.807, 2.05) is 24.3 Å². The van der Waals surface area contributed by atoms with Crippen molar-refractivity contribution in [1.29, 1.82) is 0 Å². The van der Waals surface area contributed by atoms with Crippen LogP contribution in [0.5, 0.6) is 0 Å². The number of aliphatic carboxylic acids is 1. The van der Waals surface area contributed by atoms with Crippen molar-refractivity contribution < 1.29 is 34.1 Å². The standard InChI is InChI=1S/C28H28N2O7/c31-23(17-29-28(36)37-18-20-7-3-1-4-8-20)16-25(32)30-24(27(34)35)15-19-11-13-22(14-12-19)26(33)21-9-5-2-6-10-21/h1-14,23-24,31H,15-18H2,(H,29,36)(H,30,32)(H,34,35)/t23-,24+/m0/s1. The van der Waals surface area contributed by atoms with Gasteiger partial charge in [-0.25, -0.2) is 9.59 Å². The normalized spacial score (nSPS) is 12.1. The summed E-state index contributed by atoms with van der Waals surface area (Å²) in [6.07, 6.45) is -2.41. The number of aliphatic hydroxyl groups is 1. The van der Waals surface area contributed by atoms with Gasteiger partial charge < -0.3 is 25.6 Å². The number of hydrogen-bond donors (Lipinski definition) is 4. The van der Waals surface area contributed by atoms with E-state index in [4.69, 9.17) is 4.74 Å². The number of ketones is 1. The third-order valence-electron chi connectivity index (χ3n) is 5.44. The zero-order valence-corrected chi connectivity index (χ0v) is 20.0. The molecular formula is C28H28N2O7. The van der Waals surface area contributed by atoms with E-state index in [1.165, 1.54) is 0 Å². The second-order valence-corrected chi connectivity index (χ2v) is 8.36. The summed E-state index contributed by atoms with van der Waals surface area (Å²) in [7, 11) is 0. The monoisotopic (exact) mass is 504 g/mol. The molecule has 4 N–H and O–H groups in total. The molecule has 192 valence electrons. The van der Waals surface area contributed by atoms with Crippen LogP contribution in [0.25, 0.3) is 0 Å². The zero-order valence-electron chi connectivity index (χ0n) is 20.0. The lowest BCUT2D eigenvalue weighted by molar-refractivity contribution is -0.142. The van der Waals surface area contributed by atoms with Crippen molar-refractivity contribution in [2.45, 2.75) is 31.6 Å². The molecule has 0 radical (unpaired) electrons. The number of carbonyl (C=O) groups excluding carboxylic acids is 3. The van der Waals surface area contributed by atoms with E-state index >= 15 is 0 Å². The van der Waals surface area contributed by atoms with Crippen LogP contribution in [-0.4, -0.2) is 52.7 Å². The Bertz CT molecular complexity index is 1200. The molecule has 0 aliphatic rings. The van der Waals surface area contributed by atoms with E-state index in [0.29, 0.717) is 16.7 Å². The fourth-order valence-corrected chi connectivity index (χ4v) is 3.50. The van der Waals surface area contributed by atoms with Gasteiger partial charge in [0.2, 0.25) is 5.91 Å². The first-order valence-electron chi connectivity index (χ1n) is 11.7. The van der Waals surface area contributed by atoms with Crippen LogP contribution < -0.4 is 10.6 Å². The number of carboxylic acids is 1. The molecule has 0 aliphatic carbocycles. The predicted molar refractivity (Wildman–Crippen MR) is 135 cm³/mol. The minimum absolute atomic E-state index is 0.0129. The average Bonchev–Trinajstić information content (AvgIpc) is 2.91. The van der Waals surface area contributed by atoms with Crippen molar-refractivity contribution in [2.75, 3.05) is 6.54 Å². The van der Waals surface area contributed by atoms with Gasteiger partial charge in [-0.2, -0.15) is 0 Å². The summed E-state index contributed by atoms with van der Waals surface area (Å²) in [5, 5.41) is 24.3. The van der Waals surface area contributed by atoms with E-state index in [-0.39, 0.29) is 25.4 Å². The Labute approximate surface area is 214 Å². The quantitative estimate of drug-likeness (QED) is 0.278. The van der Waals surface area contributed by atoms with Gasteiger partial charge >= 0.3 is 12.1 Å². The maximum Gasteiger partial charge on any atom is 0.407 e. The molecule has 9 heteroatoms. The molecule has 0 unspecified atom stereocenters. The maximum atomic E-state index is 12.5. The van der Waals surface area contributed by atoms with Crippen molar-refractivity contribution in [1.82, 2.24) is 10.6 Å². The highest BCUT2D eigenvalue weighted by molar-refractivity contribution is 6.08. The van der Waals surface area contributed by atoms with E-state index in [9.17, 15) is 29.4 Å². The molecule has 0 fully saturated rings. The molecule has 2 atom stereocenters. The van der Waals surface area contributed by atoms with Gasteiger partial charge in [0.1, 0.15) is 12.6 Å². The molecule has 37 heavy (non-hydrogen) atoms. The summed E-state index contributed by atoms with van der Waals surface area (Å²) in [5.41, 5.74) is 2.42. The highest BCUT2D eigenvalue weighted by atomic mass is 16.5. The predicted octanol–water partition coefficient (Wildman–Crippen LogP) is 2.71. The van der Waals surface area contributed by atoms with Gasteiger partial charge in [0.25, 0.3) is 0 Å². The lowest BCUT2D eigenvalue weighted by atomic mass is 9.99. The third kappa shape index (κ3) is 8.90. The second-order valence-electron chi connectivity index (χ2n) is 8.36. The summed E-state index contributed by atoms with van der Waals surface area (Å²) < 4.78 is 5.03. The molecule has 3 aromatic rings. The first-order valence-corrected chi connectivity index (χ1v) is 11.7. The highest BCUT2D eigenvalue weighted by Crippen LogP contribution is 2.13. The number of nitrogens with one attached hydrogen (secondary N) is 2. The fourth-order valence-electron chi connectivity index (χ4n) is 3.50. The topological polar surface area (TPSA) is 142 Å². The summed E-state index contributed by atoms with van der Waals surface area (Å²) in [6, 6.07) is 23.1. The van der Waals surface area contributed by atoms with Crippen molar-refractivity contribution in [3.8, 4) is 0 Å². The Hall–Kier alpha value is -4.50. The number of carboxylic acid groups (broad SMARTS) is 1. The van der Waals surface area contributed by atoms with E-state index in [0.717, 1.165) is 5.56 Å². The van der Waals surface area contributed by atoms with Gasteiger partial charge in [0, 0.05) is 24.1 Å². The van der Waals surface area contributed by atoms with Crippen LogP contribution in [0.3, 0.4) is 0 Å². The maximum absolute atomic E-state index is 12.5. The van der Waals surface area contributed by atoms with Gasteiger partial charge in [-0.05, 0) is 11.1 Å². The number of aliphatic hydroxyl groups excluding tert-OH is 1. The molecule has 9 nitrogen and oxygen atoms in total. The average molecular weight is 505 g/mol. The molecule has 2 amide bonds. The molecule has 3 rings (SSSR count). The number of hydrogen-bond acceptors (Lipinski definition) is 6. The number of amides is 2. The van der Waals surface area contributed by atoms with Crippen LogP contribution in [0, 0.1) is 0 Å². The SMILES string of the molecule is O=C(C[C@H](O)CNC(=O)OCc1ccccc1)N[C@H](Cc1ccc(C(=O)c2ccccc2)cc1)C(=O)O. The van der Waals surface area contributed by atoms with Crippen molar-refractivity contribution in [2.24, 2.45) is 0 Å². The van der Waals surface area contributed by atoms with Crippen LogP contribution in [-0.2, 0) is 27.4 Å². The molecule has 3 aromatic carbocycles. The summed E-state index contributed by atoms with van der Waals surface area (Å²) in [4.78, 5) is 48.3. The number of rotatable bonds is 12. The van der Waals surface area contributed by atoms with Gasteiger partial charge in [0.15, 0.2) is 5.78 Å². The number of benzene rings is 3. The Morgan fingerprint density at radius 1 is 0.784 bits per heavy atom. The summed E-state index contributed by atoms with van der Waals surface area (Å²) >= 11 is 0. The fraction of sp³-hybridized carbons (Fsp3) is 0.214. The lowest BCUT2D eigenvalue weighted by Gasteiger charge is -2.17. The van der Waals surface area contributed by atoms with Gasteiger partial charge in [-0.3, -0.25) is 9.59 Å². The highest BCUT2D eigenvalue weighted by Gasteiger charge is 2.22. The minimum Gasteiger partial charge on any atom is -0.480 e. The van der Waals surface area contributed by atoms with Gasteiger partial charge in [0.05, 0.1) is 12.5 Å². The van der Waals surface area contributed by atoms with E-state index in [1.54, 1.807) is 60.7 Å². The van der Waals surface area contributed by atoms with Crippen LogP contribution in [0.15, 0.2) is 84.9 Å². The molecule has 0 heterocycles. The summed E-state index contributed by atoms with van der Waals surface area (Å²) in [5.74, 6) is -2.08. The van der Waals surface area contributed by atoms with E-state index < -0.39 is 36.5 Å². The Morgan fingerprint density at radius 2 is 1.38 bits per heavy atom. The van der Waals surface area contributed by atoms with Crippen molar-refractivity contribution in [3.63, 3.8) is 0 Å². The molecule has 0 saturated heterocycles. The van der Waals surface area contributed by atoms with Gasteiger partial charge in [-0.1, -0.05) is 84.9 Å². The van der Waals surface area contributed by atoms with Crippen molar-refractivity contribution in [3.05, 3.63) is 107 Å². The minimum atomic E-state index is -1.24. The second kappa shape index (κ2) is 13.6. The van der Waals surface area contributed by atoms with Crippen LogP contribution in [0.4, 0.5) is 4.79 Å². The first kappa shape index (κ1) is 27.1. The molecule has 0 saturated carbocycles.